The van der Waals surface area contributed by atoms with Crippen LogP contribution in [0.4, 0.5) is 0 Å². The van der Waals surface area contributed by atoms with Crippen LogP contribution in [-0.4, -0.2) is 6.61 Å². The van der Waals surface area contributed by atoms with Gasteiger partial charge >= 0.3 is 0 Å². The van der Waals surface area contributed by atoms with Gasteiger partial charge in [0.15, 0.2) is 0 Å². The highest BCUT2D eigenvalue weighted by molar-refractivity contribution is 5.40. The average Bonchev–Trinajstić information content (AvgIpc) is 2.96. The molecule has 0 radical (unpaired) electrons. The van der Waals surface area contributed by atoms with Crippen molar-refractivity contribution in [2.45, 2.75) is 19.4 Å². The first-order valence-electron chi connectivity index (χ1n) is 5.87. The van der Waals surface area contributed by atoms with Crippen LogP contribution in [0.5, 0.6) is 5.75 Å². The highest BCUT2D eigenvalue weighted by atomic mass is 16.5. The molecule has 88 valence electrons. The van der Waals surface area contributed by atoms with E-state index in [1.165, 1.54) is 11.1 Å². The number of hydrogen-bond donors (Lipinski definition) is 1. The summed E-state index contributed by atoms with van der Waals surface area (Å²) >= 11 is 0. The van der Waals surface area contributed by atoms with Crippen LogP contribution in [0, 0.1) is 0 Å². The van der Waals surface area contributed by atoms with Crippen molar-refractivity contribution in [2.75, 3.05) is 6.61 Å². The third-order valence-electron chi connectivity index (χ3n) is 3.05. The van der Waals surface area contributed by atoms with Crippen molar-refractivity contribution in [1.29, 1.82) is 0 Å². The quantitative estimate of drug-likeness (QED) is 0.878. The molecule has 0 spiro atoms. The van der Waals surface area contributed by atoms with E-state index in [1.807, 2.05) is 18.2 Å². The van der Waals surface area contributed by atoms with Crippen molar-refractivity contribution in [3.05, 3.63) is 53.0 Å². The number of hydrogen-bond acceptors (Lipinski definition) is 3. The second-order valence-corrected chi connectivity index (χ2v) is 4.29. The Kier molecular flexibility index (Phi) is 2.61. The first-order valence-corrected chi connectivity index (χ1v) is 5.87. The van der Waals surface area contributed by atoms with E-state index in [0.717, 1.165) is 36.7 Å². The monoisotopic (exact) mass is 229 g/mol. The Hall–Kier alpha value is -1.74. The van der Waals surface area contributed by atoms with Crippen LogP contribution in [0.15, 0.2) is 34.7 Å². The normalized spacial score (nSPS) is 13.5. The van der Waals surface area contributed by atoms with Gasteiger partial charge in [-0.3, -0.25) is 0 Å². The van der Waals surface area contributed by atoms with Crippen LogP contribution in [0.1, 0.15) is 22.6 Å². The second kappa shape index (κ2) is 4.26. The topological polar surface area (TPSA) is 48.4 Å². The molecule has 2 N–H and O–H groups in total. The van der Waals surface area contributed by atoms with Gasteiger partial charge in [-0.05, 0) is 29.3 Å². The van der Waals surface area contributed by atoms with Crippen molar-refractivity contribution >= 4 is 0 Å². The molecule has 3 rings (SSSR count). The molecule has 0 amide bonds. The van der Waals surface area contributed by atoms with Gasteiger partial charge in [-0.25, -0.2) is 0 Å². The number of fused-ring (bicyclic) bond motifs is 1. The van der Waals surface area contributed by atoms with Gasteiger partial charge in [-0.1, -0.05) is 12.1 Å². The zero-order chi connectivity index (χ0) is 11.7. The number of furan rings is 1. The summed E-state index contributed by atoms with van der Waals surface area (Å²) in [5.74, 6) is 2.82. The fraction of sp³-hybridized carbons (Fsp3) is 0.286. The molecule has 0 fully saturated rings. The Labute approximate surface area is 100 Å². The van der Waals surface area contributed by atoms with Crippen LogP contribution < -0.4 is 10.5 Å². The summed E-state index contributed by atoms with van der Waals surface area (Å²) in [7, 11) is 0. The van der Waals surface area contributed by atoms with Gasteiger partial charge in [0.05, 0.1) is 13.2 Å². The maximum Gasteiger partial charge on any atom is 0.122 e. The first kappa shape index (κ1) is 10.4. The predicted molar refractivity (Wildman–Crippen MR) is 65.0 cm³/mol. The Morgan fingerprint density at radius 2 is 2.00 bits per heavy atom. The third kappa shape index (κ3) is 2.06. The van der Waals surface area contributed by atoms with E-state index in [4.69, 9.17) is 14.9 Å². The molecule has 1 aromatic carbocycles. The summed E-state index contributed by atoms with van der Waals surface area (Å²) in [6.07, 6.45) is 1.82. The summed E-state index contributed by atoms with van der Waals surface area (Å²) in [5, 5.41) is 0. The summed E-state index contributed by atoms with van der Waals surface area (Å²) < 4.78 is 11.1. The lowest BCUT2D eigenvalue weighted by atomic mass is 10.1. The molecule has 3 nitrogen and oxygen atoms in total. The van der Waals surface area contributed by atoms with Gasteiger partial charge in [-0.2, -0.15) is 0 Å². The lowest BCUT2D eigenvalue weighted by molar-refractivity contribution is 0.357. The largest absolute Gasteiger partial charge is 0.493 e. The minimum absolute atomic E-state index is 0.456. The summed E-state index contributed by atoms with van der Waals surface area (Å²) in [6, 6.07) is 10.3. The summed E-state index contributed by atoms with van der Waals surface area (Å²) in [5.41, 5.74) is 8.08. The highest BCUT2D eigenvalue weighted by Gasteiger charge is 2.12. The Balaban J connectivity index is 1.80. The summed E-state index contributed by atoms with van der Waals surface area (Å²) in [6.45, 7) is 1.26. The van der Waals surface area contributed by atoms with E-state index in [0.29, 0.717) is 6.54 Å². The van der Waals surface area contributed by atoms with Crippen molar-refractivity contribution in [1.82, 2.24) is 0 Å². The molecule has 0 saturated carbocycles. The molecule has 2 aromatic rings. The van der Waals surface area contributed by atoms with Gasteiger partial charge in [0, 0.05) is 12.8 Å². The van der Waals surface area contributed by atoms with Gasteiger partial charge in [0.1, 0.15) is 17.3 Å². The SMILES string of the molecule is NCc1ccc(Cc2ccc3c(c2)CCO3)o1. The molecule has 17 heavy (non-hydrogen) atoms. The molecule has 0 aliphatic carbocycles. The minimum atomic E-state index is 0.456. The average molecular weight is 229 g/mol. The highest BCUT2D eigenvalue weighted by Crippen LogP contribution is 2.26. The molecular weight excluding hydrogens is 214 g/mol. The van der Waals surface area contributed by atoms with Crippen LogP contribution in [0.3, 0.4) is 0 Å². The third-order valence-corrected chi connectivity index (χ3v) is 3.05. The Morgan fingerprint density at radius 1 is 1.12 bits per heavy atom. The van der Waals surface area contributed by atoms with Crippen LogP contribution in [0.25, 0.3) is 0 Å². The van der Waals surface area contributed by atoms with Gasteiger partial charge in [-0.15, -0.1) is 0 Å². The van der Waals surface area contributed by atoms with Crippen LogP contribution in [0.2, 0.25) is 0 Å². The molecular formula is C14H15NO2. The van der Waals surface area contributed by atoms with Crippen molar-refractivity contribution in [2.24, 2.45) is 5.73 Å². The van der Waals surface area contributed by atoms with Crippen LogP contribution in [-0.2, 0) is 19.4 Å². The lowest BCUT2D eigenvalue weighted by Gasteiger charge is -2.02. The van der Waals surface area contributed by atoms with Crippen molar-refractivity contribution in [3.8, 4) is 5.75 Å². The molecule has 0 atom stereocenters. The molecule has 3 heteroatoms. The zero-order valence-corrected chi connectivity index (χ0v) is 9.61. The number of nitrogens with two attached hydrogens (primary N) is 1. The standard InChI is InChI=1S/C14H15NO2/c15-9-13-3-2-12(17-13)8-10-1-4-14-11(7-10)5-6-16-14/h1-4,7H,5-6,8-9,15H2. The lowest BCUT2D eigenvalue weighted by Crippen LogP contribution is -1.93. The van der Waals surface area contributed by atoms with E-state index in [1.54, 1.807) is 0 Å². The molecule has 0 saturated heterocycles. The summed E-state index contributed by atoms with van der Waals surface area (Å²) in [4.78, 5) is 0. The van der Waals surface area contributed by atoms with Gasteiger partial charge < -0.3 is 14.9 Å². The van der Waals surface area contributed by atoms with Gasteiger partial charge in [0.25, 0.3) is 0 Å². The van der Waals surface area contributed by atoms with E-state index >= 15 is 0 Å². The molecule has 0 bridgehead atoms. The first-order chi connectivity index (χ1) is 8.35. The Morgan fingerprint density at radius 3 is 2.82 bits per heavy atom. The number of ether oxygens (including phenoxy) is 1. The van der Waals surface area contributed by atoms with Crippen molar-refractivity contribution < 1.29 is 9.15 Å². The van der Waals surface area contributed by atoms with E-state index in [-0.39, 0.29) is 0 Å². The molecule has 0 unspecified atom stereocenters. The van der Waals surface area contributed by atoms with E-state index in [9.17, 15) is 0 Å². The number of rotatable bonds is 3. The molecule has 1 aliphatic rings. The Bertz CT molecular complexity index is 531. The maximum atomic E-state index is 5.60. The van der Waals surface area contributed by atoms with Crippen LogP contribution >= 0.6 is 0 Å². The minimum Gasteiger partial charge on any atom is -0.493 e. The maximum absolute atomic E-state index is 5.60. The van der Waals surface area contributed by atoms with E-state index in [2.05, 4.69) is 12.1 Å². The molecule has 1 aromatic heterocycles. The zero-order valence-electron chi connectivity index (χ0n) is 9.61. The number of benzene rings is 1. The predicted octanol–water partition coefficient (Wildman–Crippen LogP) is 2.26. The smallest absolute Gasteiger partial charge is 0.122 e. The molecule has 2 heterocycles. The van der Waals surface area contributed by atoms with Gasteiger partial charge in [0.2, 0.25) is 0 Å². The molecule has 1 aliphatic heterocycles. The fourth-order valence-electron chi connectivity index (χ4n) is 2.18. The second-order valence-electron chi connectivity index (χ2n) is 4.29. The van der Waals surface area contributed by atoms with Crippen molar-refractivity contribution in [3.63, 3.8) is 0 Å². The van der Waals surface area contributed by atoms with E-state index < -0.39 is 0 Å². The fourth-order valence-corrected chi connectivity index (χ4v) is 2.18.